The van der Waals surface area contributed by atoms with Gasteiger partial charge in [0.1, 0.15) is 5.56 Å². The largest absolute Gasteiger partial charge is 0.378 e. The van der Waals surface area contributed by atoms with Crippen molar-refractivity contribution in [3.63, 3.8) is 0 Å². The molecule has 0 saturated carbocycles. The summed E-state index contributed by atoms with van der Waals surface area (Å²) in [6.45, 7) is 7.08. The number of H-pyrrole nitrogens is 1. The van der Waals surface area contributed by atoms with Crippen LogP contribution in [-0.2, 0) is 10.3 Å². The lowest BCUT2D eigenvalue weighted by Gasteiger charge is -2.37. The fourth-order valence-electron chi connectivity index (χ4n) is 4.59. The Kier molecular flexibility index (Phi) is 6.13. The quantitative estimate of drug-likeness (QED) is 0.449. The summed E-state index contributed by atoms with van der Waals surface area (Å²) < 4.78 is 6.83. The smallest absolute Gasteiger partial charge is 0.273 e. The summed E-state index contributed by atoms with van der Waals surface area (Å²) in [4.78, 5) is 33.3. The number of morpholine rings is 1. The number of carbonyl (C=O) groups is 1. The molecule has 35 heavy (non-hydrogen) atoms. The van der Waals surface area contributed by atoms with Gasteiger partial charge in [-0.3, -0.25) is 14.7 Å². The molecular formula is C27H29N5O3. The molecule has 8 nitrogen and oxygen atoms in total. The van der Waals surface area contributed by atoms with Gasteiger partial charge in [-0.2, -0.15) is 0 Å². The fourth-order valence-corrected chi connectivity index (χ4v) is 4.59. The van der Waals surface area contributed by atoms with Gasteiger partial charge in [-0.25, -0.2) is 9.50 Å². The van der Waals surface area contributed by atoms with E-state index in [4.69, 9.17) is 4.74 Å². The van der Waals surface area contributed by atoms with E-state index < -0.39 is 5.54 Å². The molecule has 180 valence electrons. The van der Waals surface area contributed by atoms with E-state index in [1.807, 2.05) is 49.4 Å². The minimum Gasteiger partial charge on any atom is -0.378 e. The van der Waals surface area contributed by atoms with Crippen LogP contribution in [0.5, 0.6) is 0 Å². The number of anilines is 1. The second kappa shape index (κ2) is 9.38. The van der Waals surface area contributed by atoms with Crippen molar-refractivity contribution in [3.05, 3.63) is 88.3 Å². The van der Waals surface area contributed by atoms with Crippen LogP contribution in [0.3, 0.4) is 0 Å². The number of hydrogen-bond donors (Lipinski definition) is 2. The molecule has 0 bridgehead atoms. The van der Waals surface area contributed by atoms with Crippen LogP contribution in [0.1, 0.15) is 36.2 Å². The van der Waals surface area contributed by atoms with Gasteiger partial charge in [-0.1, -0.05) is 55.5 Å². The molecule has 2 aromatic heterocycles. The molecule has 0 radical (unpaired) electrons. The highest BCUT2D eigenvalue weighted by Gasteiger charge is 2.32. The highest BCUT2D eigenvalue weighted by atomic mass is 16.5. The van der Waals surface area contributed by atoms with Crippen molar-refractivity contribution in [2.24, 2.45) is 0 Å². The third kappa shape index (κ3) is 4.33. The molecule has 3 heterocycles. The van der Waals surface area contributed by atoms with Crippen LogP contribution < -0.4 is 15.8 Å². The topological polar surface area (TPSA) is 91.7 Å². The molecule has 0 aliphatic carbocycles. The molecule has 1 atom stereocenters. The van der Waals surface area contributed by atoms with Gasteiger partial charge in [0.2, 0.25) is 0 Å². The van der Waals surface area contributed by atoms with E-state index in [1.54, 1.807) is 0 Å². The molecule has 1 unspecified atom stereocenters. The zero-order chi connectivity index (χ0) is 24.4. The Hall–Kier alpha value is -3.91. The summed E-state index contributed by atoms with van der Waals surface area (Å²) in [5.74, 6) is -0.290. The predicted octanol–water partition coefficient (Wildman–Crippen LogP) is 3.58. The SMILES string of the molecule is CCC(C)(NC(=O)c1c[nH]n2c(=O)cc(-c3ccccc3)nc12)c1ccccc1N1CCOCC1. The van der Waals surface area contributed by atoms with Crippen LogP contribution in [0, 0.1) is 0 Å². The minimum atomic E-state index is -0.627. The Morgan fingerprint density at radius 2 is 1.83 bits per heavy atom. The Labute approximate surface area is 203 Å². The molecule has 1 fully saturated rings. The van der Waals surface area contributed by atoms with Crippen molar-refractivity contribution < 1.29 is 9.53 Å². The molecular weight excluding hydrogens is 442 g/mol. The Balaban J connectivity index is 1.51. The summed E-state index contributed by atoms with van der Waals surface area (Å²) in [5, 5.41) is 6.12. The van der Waals surface area contributed by atoms with Gasteiger partial charge >= 0.3 is 0 Å². The molecule has 1 aliphatic heterocycles. The first-order chi connectivity index (χ1) is 17.0. The lowest BCUT2D eigenvalue weighted by Crippen LogP contribution is -2.45. The van der Waals surface area contributed by atoms with Gasteiger partial charge in [0.15, 0.2) is 5.65 Å². The van der Waals surface area contributed by atoms with E-state index in [2.05, 4.69) is 39.4 Å². The van der Waals surface area contributed by atoms with Gasteiger partial charge in [-0.05, 0) is 19.4 Å². The van der Waals surface area contributed by atoms with E-state index in [0.29, 0.717) is 36.5 Å². The van der Waals surface area contributed by atoms with Crippen molar-refractivity contribution in [3.8, 4) is 11.3 Å². The van der Waals surface area contributed by atoms with Gasteiger partial charge in [0, 0.05) is 42.2 Å². The molecule has 1 aliphatic rings. The number of rotatable bonds is 6. The second-order valence-electron chi connectivity index (χ2n) is 8.95. The van der Waals surface area contributed by atoms with E-state index in [-0.39, 0.29) is 11.5 Å². The maximum Gasteiger partial charge on any atom is 0.273 e. The van der Waals surface area contributed by atoms with Crippen LogP contribution in [0.15, 0.2) is 71.7 Å². The number of nitrogens with zero attached hydrogens (tertiary/aromatic N) is 3. The average Bonchev–Trinajstić information content (AvgIpc) is 3.34. The maximum atomic E-state index is 13.6. The molecule has 2 aromatic carbocycles. The van der Waals surface area contributed by atoms with Gasteiger partial charge in [-0.15, -0.1) is 0 Å². The van der Waals surface area contributed by atoms with E-state index >= 15 is 0 Å². The Morgan fingerprint density at radius 3 is 2.57 bits per heavy atom. The van der Waals surface area contributed by atoms with Crippen molar-refractivity contribution in [2.45, 2.75) is 25.8 Å². The number of benzene rings is 2. The maximum absolute atomic E-state index is 13.6. The molecule has 1 amide bonds. The third-order valence-electron chi connectivity index (χ3n) is 6.76. The Morgan fingerprint density at radius 1 is 1.11 bits per heavy atom. The first-order valence-corrected chi connectivity index (χ1v) is 11.9. The van der Waals surface area contributed by atoms with Crippen LogP contribution in [0.25, 0.3) is 16.9 Å². The van der Waals surface area contributed by atoms with Gasteiger partial charge < -0.3 is 15.0 Å². The standard InChI is InChI=1S/C27H29N5O3/c1-3-27(2,21-11-7-8-12-23(21)31-13-15-35-16-14-31)30-26(34)20-18-28-32-24(33)17-22(29-25(20)32)19-9-5-4-6-10-19/h4-12,17-18,28H,3,13-16H2,1-2H3,(H,30,34). The molecule has 0 spiro atoms. The normalized spacial score (nSPS) is 15.7. The van der Waals surface area contributed by atoms with E-state index in [1.165, 1.54) is 16.8 Å². The summed E-state index contributed by atoms with van der Waals surface area (Å²) in [6, 6.07) is 19.1. The van der Waals surface area contributed by atoms with Crippen molar-refractivity contribution in [1.29, 1.82) is 0 Å². The van der Waals surface area contributed by atoms with E-state index in [0.717, 1.165) is 29.9 Å². The van der Waals surface area contributed by atoms with Crippen LogP contribution in [0.4, 0.5) is 5.69 Å². The van der Waals surface area contributed by atoms with Crippen LogP contribution in [-0.4, -0.2) is 46.8 Å². The lowest BCUT2D eigenvalue weighted by atomic mass is 9.87. The first-order valence-electron chi connectivity index (χ1n) is 11.9. The zero-order valence-corrected chi connectivity index (χ0v) is 20.0. The number of ether oxygens (including phenoxy) is 1. The monoisotopic (exact) mass is 471 g/mol. The van der Waals surface area contributed by atoms with Crippen molar-refractivity contribution in [2.75, 3.05) is 31.2 Å². The third-order valence-corrected chi connectivity index (χ3v) is 6.76. The van der Waals surface area contributed by atoms with Gasteiger partial charge in [0.05, 0.1) is 24.4 Å². The molecule has 2 N–H and O–H groups in total. The number of hydrogen-bond acceptors (Lipinski definition) is 5. The predicted molar refractivity (Wildman–Crippen MR) is 136 cm³/mol. The van der Waals surface area contributed by atoms with Gasteiger partial charge in [0.25, 0.3) is 11.5 Å². The number of amides is 1. The van der Waals surface area contributed by atoms with E-state index in [9.17, 15) is 9.59 Å². The molecule has 1 saturated heterocycles. The minimum absolute atomic E-state index is 0.274. The van der Waals surface area contributed by atoms with Crippen molar-refractivity contribution >= 4 is 17.2 Å². The first kappa shape index (κ1) is 22.9. The Bertz CT molecular complexity index is 1410. The van der Waals surface area contributed by atoms with Crippen LogP contribution in [0.2, 0.25) is 0 Å². The number of para-hydroxylation sites is 1. The highest BCUT2D eigenvalue weighted by molar-refractivity contribution is 6.00. The average molecular weight is 472 g/mol. The highest BCUT2D eigenvalue weighted by Crippen LogP contribution is 2.34. The number of aromatic nitrogens is 3. The number of aromatic amines is 1. The van der Waals surface area contributed by atoms with Crippen molar-refractivity contribution in [1.82, 2.24) is 19.9 Å². The number of nitrogens with one attached hydrogen (secondary N) is 2. The lowest BCUT2D eigenvalue weighted by molar-refractivity contribution is 0.0903. The summed E-state index contributed by atoms with van der Waals surface area (Å²) in [5.41, 5.74) is 3.21. The molecule has 4 aromatic rings. The summed E-state index contributed by atoms with van der Waals surface area (Å²) in [7, 11) is 0. The summed E-state index contributed by atoms with van der Waals surface area (Å²) >= 11 is 0. The molecule has 5 rings (SSSR count). The summed E-state index contributed by atoms with van der Waals surface area (Å²) in [6.07, 6.45) is 2.23. The second-order valence-corrected chi connectivity index (χ2v) is 8.95. The number of carbonyl (C=O) groups excluding carboxylic acids is 1. The molecule has 8 heteroatoms. The zero-order valence-electron chi connectivity index (χ0n) is 20.0. The fraction of sp³-hybridized carbons (Fsp3) is 0.296. The van der Waals surface area contributed by atoms with Crippen LogP contribution >= 0.6 is 0 Å². The number of fused-ring (bicyclic) bond motifs is 1.